The molecule has 0 aromatic heterocycles. The van der Waals surface area contributed by atoms with Gasteiger partial charge in [-0.2, -0.15) is 0 Å². The maximum atomic E-state index is 10.9. The maximum Gasteiger partial charge on any atom is 0.306 e. The Labute approximate surface area is 71.9 Å². The summed E-state index contributed by atoms with van der Waals surface area (Å²) in [5, 5.41) is 7.49. The predicted molar refractivity (Wildman–Crippen MR) is 46.3 cm³/mol. The smallest absolute Gasteiger partial charge is 0.306 e. The molecule has 0 spiro atoms. The van der Waals surface area contributed by atoms with Crippen molar-refractivity contribution >= 4 is 11.7 Å². The van der Waals surface area contributed by atoms with Crippen LogP contribution in [0.3, 0.4) is 0 Å². The number of hydrogen-bond acceptors (Lipinski definition) is 3. The molecule has 0 aliphatic heterocycles. The van der Waals surface area contributed by atoms with Gasteiger partial charge < -0.3 is 10.1 Å². The number of esters is 1. The summed E-state index contributed by atoms with van der Waals surface area (Å²) in [4.78, 5) is 10.9. The fraction of sp³-hybridized carbons (Fsp3) is 0.556. The number of ether oxygens (including phenoxy) is 1. The second-order valence-electron chi connectivity index (χ2n) is 2.76. The summed E-state index contributed by atoms with van der Waals surface area (Å²) < 4.78 is 5.00. The van der Waals surface area contributed by atoms with Gasteiger partial charge in [0, 0.05) is 6.42 Å². The van der Waals surface area contributed by atoms with E-state index in [0.29, 0.717) is 18.6 Å². The molecule has 0 radical (unpaired) electrons. The van der Waals surface area contributed by atoms with Gasteiger partial charge in [-0.3, -0.25) is 4.79 Å². The Morgan fingerprint density at radius 2 is 2.58 bits per heavy atom. The molecule has 1 rings (SSSR count). The van der Waals surface area contributed by atoms with Crippen molar-refractivity contribution in [3.8, 4) is 0 Å². The molecule has 3 heteroatoms. The minimum atomic E-state index is -0.397. The summed E-state index contributed by atoms with van der Waals surface area (Å²) in [6.45, 7) is 1.75. The van der Waals surface area contributed by atoms with E-state index in [2.05, 4.69) is 0 Å². The molecule has 0 saturated heterocycles. The second-order valence-corrected chi connectivity index (χ2v) is 2.76. The Hall–Kier alpha value is -1.12. The Morgan fingerprint density at radius 1 is 1.83 bits per heavy atom. The third-order valence-electron chi connectivity index (χ3n) is 1.78. The molecule has 0 fully saturated rings. The van der Waals surface area contributed by atoms with Crippen LogP contribution in [0.5, 0.6) is 0 Å². The van der Waals surface area contributed by atoms with Crippen LogP contribution in [0.2, 0.25) is 0 Å². The van der Waals surface area contributed by atoms with Gasteiger partial charge in [-0.25, -0.2) is 0 Å². The van der Waals surface area contributed by atoms with Crippen LogP contribution in [0.15, 0.2) is 12.2 Å². The average Bonchev–Trinajstić information content (AvgIpc) is 2.09. The standard InChI is InChI=1S/C9H13NO2/c1-2-9(11)12-8-6-4-3-5-7(8)10/h4,6,8,10H,2-3,5H2,1H3. The zero-order valence-corrected chi connectivity index (χ0v) is 7.17. The molecule has 1 aliphatic carbocycles. The van der Waals surface area contributed by atoms with Crippen LogP contribution in [-0.4, -0.2) is 17.8 Å². The van der Waals surface area contributed by atoms with Gasteiger partial charge >= 0.3 is 5.97 Å². The highest BCUT2D eigenvalue weighted by atomic mass is 16.5. The number of allylic oxidation sites excluding steroid dienone is 1. The minimum absolute atomic E-state index is 0.240. The van der Waals surface area contributed by atoms with E-state index in [1.165, 1.54) is 0 Å². The van der Waals surface area contributed by atoms with Gasteiger partial charge in [-0.05, 0) is 18.9 Å². The second kappa shape index (κ2) is 4.04. The molecule has 1 aliphatic rings. The molecule has 1 atom stereocenters. The molecule has 0 aromatic rings. The summed E-state index contributed by atoms with van der Waals surface area (Å²) in [7, 11) is 0. The summed E-state index contributed by atoms with van der Waals surface area (Å²) in [5.41, 5.74) is 0.499. The fourth-order valence-corrected chi connectivity index (χ4v) is 1.05. The summed E-state index contributed by atoms with van der Waals surface area (Å²) >= 11 is 0. The van der Waals surface area contributed by atoms with Crippen molar-refractivity contribution in [3.63, 3.8) is 0 Å². The number of carbonyl (C=O) groups excluding carboxylic acids is 1. The van der Waals surface area contributed by atoms with Gasteiger partial charge in [0.2, 0.25) is 0 Å². The Bertz CT molecular complexity index is 221. The lowest BCUT2D eigenvalue weighted by Crippen LogP contribution is -2.26. The molecular weight excluding hydrogens is 154 g/mol. The lowest BCUT2D eigenvalue weighted by molar-refractivity contribution is -0.144. The minimum Gasteiger partial charge on any atom is -0.452 e. The molecule has 0 aromatic carbocycles. The first kappa shape index (κ1) is 8.97. The van der Waals surface area contributed by atoms with Crippen LogP contribution < -0.4 is 0 Å². The molecule has 0 bridgehead atoms. The fourth-order valence-electron chi connectivity index (χ4n) is 1.05. The normalized spacial score (nSPS) is 22.4. The van der Waals surface area contributed by atoms with E-state index in [-0.39, 0.29) is 5.97 Å². The summed E-state index contributed by atoms with van der Waals surface area (Å²) in [5.74, 6) is -0.240. The first-order valence-electron chi connectivity index (χ1n) is 4.17. The first-order valence-corrected chi connectivity index (χ1v) is 4.17. The van der Waals surface area contributed by atoms with Gasteiger partial charge in [-0.15, -0.1) is 0 Å². The van der Waals surface area contributed by atoms with Crippen LogP contribution in [-0.2, 0) is 9.53 Å². The molecule has 66 valence electrons. The quantitative estimate of drug-likeness (QED) is 0.502. The molecular formula is C9H13NO2. The summed E-state index contributed by atoms with van der Waals surface area (Å²) in [6.07, 6.45) is 5.30. The zero-order chi connectivity index (χ0) is 8.97. The van der Waals surface area contributed by atoms with Crippen molar-refractivity contribution in [1.29, 1.82) is 5.41 Å². The number of nitrogens with one attached hydrogen (secondary N) is 1. The van der Waals surface area contributed by atoms with Crippen LogP contribution in [0.4, 0.5) is 0 Å². The number of carbonyl (C=O) groups is 1. The van der Waals surface area contributed by atoms with E-state index in [1.54, 1.807) is 13.0 Å². The molecule has 3 nitrogen and oxygen atoms in total. The van der Waals surface area contributed by atoms with Crippen molar-refractivity contribution in [2.24, 2.45) is 0 Å². The lowest BCUT2D eigenvalue weighted by Gasteiger charge is -2.17. The van der Waals surface area contributed by atoms with Crippen molar-refractivity contribution in [2.75, 3.05) is 0 Å². The van der Waals surface area contributed by atoms with Crippen LogP contribution >= 0.6 is 0 Å². The highest BCUT2D eigenvalue weighted by Crippen LogP contribution is 2.10. The molecule has 1 unspecified atom stereocenters. The van der Waals surface area contributed by atoms with E-state index >= 15 is 0 Å². The first-order chi connectivity index (χ1) is 5.74. The van der Waals surface area contributed by atoms with Crippen LogP contribution in [0, 0.1) is 5.41 Å². The van der Waals surface area contributed by atoms with E-state index in [9.17, 15) is 4.79 Å². The van der Waals surface area contributed by atoms with E-state index in [0.717, 1.165) is 6.42 Å². The zero-order valence-electron chi connectivity index (χ0n) is 7.17. The Balaban J connectivity index is 2.50. The number of hydrogen-bond donors (Lipinski definition) is 1. The largest absolute Gasteiger partial charge is 0.452 e. The van der Waals surface area contributed by atoms with E-state index in [4.69, 9.17) is 10.1 Å². The van der Waals surface area contributed by atoms with Crippen molar-refractivity contribution in [2.45, 2.75) is 32.3 Å². The Kier molecular flexibility index (Phi) is 3.02. The number of rotatable bonds is 2. The van der Waals surface area contributed by atoms with Crippen LogP contribution in [0.25, 0.3) is 0 Å². The molecule has 0 saturated carbocycles. The average molecular weight is 167 g/mol. The van der Waals surface area contributed by atoms with Gasteiger partial charge in [-0.1, -0.05) is 13.0 Å². The maximum absolute atomic E-state index is 10.9. The molecule has 0 heterocycles. The Morgan fingerprint density at radius 3 is 3.17 bits per heavy atom. The molecule has 1 N–H and O–H groups in total. The highest BCUT2D eigenvalue weighted by molar-refractivity contribution is 5.90. The van der Waals surface area contributed by atoms with Crippen LogP contribution in [0.1, 0.15) is 26.2 Å². The van der Waals surface area contributed by atoms with E-state index < -0.39 is 6.10 Å². The third kappa shape index (κ3) is 2.19. The third-order valence-corrected chi connectivity index (χ3v) is 1.78. The monoisotopic (exact) mass is 167 g/mol. The van der Waals surface area contributed by atoms with Gasteiger partial charge in [0.1, 0.15) is 0 Å². The van der Waals surface area contributed by atoms with Gasteiger partial charge in [0.05, 0.1) is 5.71 Å². The van der Waals surface area contributed by atoms with Crippen molar-refractivity contribution in [1.82, 2.24) is 0 Å². The topological polar surface area (TPSA) is 50.2 Å². The van der Waals surface area contributed by atoms with Crippen molar-refractivity contribution < 1.29 is 9.53 Å². The molecule has 0 amide bonds. The summed E-state index contributed by atoms with van der Waals surface area (Å²) in [6, 6.07) is 0. The highest BCUT2D eigenvalue weighted by Gasteiger charge is 2.17. The molecule has 12 heavy (non-hydrogen) atoms. The van der Waals surface area contributed by atoms with Gasteiger partial charge in [0.15, 0.2) is 6.10 Å². The van der Waals surface area contributed by atoms with Gasteiger partial charge in [0.25, 0.3) is 0 Å². The predicted octanol–water partition coefficient (Wildman–Crippen LogP) is 1.68. The lowest BCUT2D eigenvalue weighted by atomic mass is 10.0. The van der Waals surface area contributed by atoms with E-state index in [1.807, 2.05) is 6.08 Å². The SMILES string of the molecule is CCC(=O)OC1C=CCCC1=N. The van der Waals surface area contributed by atoms with Crippen molar-refractivity contribution in [3.05, 3.63) is 12.2 Å².